The molecule has 102 valence electrons. The van der Waals surface area contributed by atoms with E-state index in [4.69, 9.17) is 0 Å². The Bertz CT molecular complexity index is 600. The Labute approximate surface area is 122 Å². The van der Waals surface area contributed by atoms with Crippen LogP contribution in [0.3, 0.4) is 0 Å². The number of hydrogen-bond acceptors (Lipinski definition) is 2. The first kappa shape index (κ1) is 13.1. The Kier molecular flexibility index (Phi) is 3.92. The fourth-order valence-electron chi connectivity index (χ4n) is 2.34. The molecule has 0 fully saturated rings. The minimum atomic E-state index is -0.150. The normalized spacial score (nSPS) is 17.1. The van der Waals surface area contributed by atoms with Crippen molar-refractivity contribution in [1.82, 2.24) is 5.32 Å². The van der Waals surface area contributed by atoms with Crippen LogP contribution in [0.15, 0.2) is 59.5 Å². The van der Waals surface area contributed by atoms with Gasteiger partial charge in [-0.2, -0.15) is 0 Å². The van der Waals surface area contributed by atoms with Gasteiger partial charge in [0, 0.05) is 16.3 Å². The van der Waals surface area contributed by atoms with E-state index in [9.17, 15) is 4.79 Å². The maximum absolute atomic E-state index is 12.1. The van der Waals surface area contributed by atoms with Crippen LogP contribution in [0.1, 0.15) is 18.0 Å². The summed E-state index contributed by atoms with van der Waals surface area (Å²) < 4.78 is 0. The van der Waals surface area contributed by atoms with Crippen molar-refractivity contribution in [2.75, 3.05) is 11.1 Å². The molecule has 0 aliphatic carbocycles. The van der Waals surface area contributed by atoms with Gasteiger partial charge in [0.15, 0.2) is 0 Å². The Balaban J connectivity index is 1.68. The third kappa shape index (κ3) is 2.96. The average Bonchev–Trinajstić information content (AvgIpc) is 2.48. The number of anilines is 1. The van der Waals surface area contributed by atoms with E-state index < -0.39 is 0 Å². The molecule has 0 bridgehead atoms. The standard InChI is InChI=1S/C16H16N2OS/c19-16(17-12-6-2-1-3-7-12)18-14-10-11-20-15-9-5-4-8-13(14)15/h1-9,14H,10-11H2,(H2,17,18,19)/t14-/m1/s1. The summed E-state index contributed by atoms with van der Waals surface area (Å²) in [6, 6.07) is 17.7. The Hall–Kier alpha value is -1.94. The van der Waals surface area contributed by atoms with Crippen molar-refractivity contribution >= 4 is 23.5 Å². The number of hydrogen-bond donors (Lipinski definition) is 2. The lowest BCUT2D eigenvalue weighted by Crippen LogP contribution is -2.34. The van der Waals surface area contributed by atoms with Crippen molar-refractivity contribution in [2.45, 2.75) is 17.4 Å². The van der Waals surface area contributed by atoms with Crippen LogP contribution in [0, 0.1) is 0 Å². The van der Waals surface area contributed by atoms with Gasteiger partial charge in [0.05, 0.1) is 6.04 Å². The van der Waals surface area contributed by atoms with Crippen LogP contribution in [0.5, 0.6) is 0 Å². The largest absolute Gasteiger partial charge is 0.331 e. The number of para-hydroxylation sites is 1. The van der Waals surface area contributed by atoms with Gasteiger partial charge >= 0.3 is 6.03 Å². The summed E-state index contributed by atoms with van der Waals surface area (Å²) in [5.41, 5.74) is 2.02. The second kappa shape index (κ2) is 6.01. The first-order valence-corrected chi connectivity index (χ1v) is 7.66. The molecule has 2 N–H and O–H groups in total. The summed E-state index contributed by atoms with van der Waals surface area (Å²) in [7, 11) is 0. The van der Waals surface area contributed by atoms with Crippen molar-refractivity contribution in [1.29, 1.82) is 0 Å². The van der Waals surface area contributed by atoms with Crippen molar-refractivity contribution in [3.8, 4) is 0 Å². The zero-order valence-electron chi connectivity index (χ0n) is 11.0. The van der Waals surface area contributed by atoms with Gasteiger partial charge in [-0.15, -0.1) is 11.8 Å². The summed E-state index contributed by atoms with van der Waals surface area (Å²) in [6.07, 6.45) is 0.962. The second-order valence-electron chi connectivity index (χ2n) is 4.69. The fraction of sp³-hybridized carbons (Fsp3) is 0.188. The number of carbonyl (C=O) groups excluding carboxylic acids is 1. The van der Waals surface area contributed by atoms with E-state index in [2.05, 4.69) is 22.8 Å². The smallest absolute Gasteiger partial charge is 0.319 e. The van der Waals surface area contributed by atoms with E-state index in [-0.39, 0.29) is 12.1 Å². The van der Waals surface area contributed by atoms with Crippen LogP contribution in [0.25, 0.3) is 0 Å². The third-order valence-electron chi connectivity index (χ3n) is 3.30. The number of fused-ring (bicyclic) bond motifs is 1. The molecule has 0 saturated carbocycles. The maximum Gasteiger partial charge on any atom is 0.319 e. The molecule has 20 heavy (non-hydrogen) atoms. The number of carbonyl (C=O) groups is 1. The van der Waals surface area contributed by atoms with Crippen LogP contribution >= 0.6 is 11.8 Å². The van der Waals surface area contributed by atoms with Gasteiger partial charge in [-0.3, -0.25) is 0 Å². The predicted molar refractivity (Wildman–Crippen MR) is 83.1 cm³/mol. The molecule has 1 aliphatic rings. The van der Waals surface area contributed by atoms with Crippen molar-refractivity contribution in [3.05, 3.63) is 60.2 Å². The fourth-order valence-corrected chi connectivity index (χ4v) is 3.46. The van der Waals surface area contributed by atoms with Crippen molar-refractivity contribution in [3.63, 3.8) is 0 Å². The van der Waals surface area contributed by atoms with Crippen LogP contribution < -0.4 is 10.6 Å². The molecule has 1 heterocycles. The Morgan fingerprint density at radius 1 is 1.05 bits per heavy atom. The highest BCUT2D eigenvalue weighted by molar-refractivity contribution is 7.99. The molecule has 0 unspecified atom stereocenters. The molecule has 0 radical (unpaired) electrons. The van der Waals surface area contributed by atoms with E-state index in [1.165, 1.54) is 10.5 Å². The third-order valence-corrected chi connectivity index (χ3v) is 4.42. The lowest BCUT2D eigenvalue weighted by Gasteiger charge is -2.25. The van der Waals surface area contributed by atoms with Crippen LogP contribution in [-0.2, 0) is 0 Å². The zero-order chi connectivity index (χ0) is 13.8. The quantitative estimate of drug-likeness (QED) is 0.873. The summed E-state index contributed by atoms with van der Waals surface area (Å²) >= 11 is 1.85. The molecule has 2 aromatic carbocycles. The molecule has 3 nitrogen and oxygen atoms in total. The number of thioether (sulfide) groups is 1. The number of urea groups is 1. The number of rotatable bonds is 2. The Morgan fingerprint density at radius 3 is 2.65 bits per heavy atom. The summed E-state index contributed by atoms with van der Waals surface area (Å²) in [6.45, 7) is 0. The zero-order valence-corrected chi connectivity index (χ0v) is 11.8. The van der Waals surface area contributed by atoms with E-state index in [1.807, 2.05) is 54.2 Å². The highest BCUT2D eigenvalue weighted by atomic mass is 32.2. The minimum Gasteiger partial charge on any atom is -0.331 e. The highest BCUT2D eigenvalue weighted by Gasteiger charge is 2.21. The molecule has 1 aliphatic heterocycles. The lowest BCUT2D eigenvalue weighted by atomic mass is 10.0. The van der Waals surface area contributed by atoms with Gasteiger partial charge in [-0.1, -0.05) is 36.4 Å². The van der Waals surface area contributed by atoms with E-state index in [1.54, 1.807) is 0 Å². The van der Waals surface area contributed by atoms with Crippen LogP contribution in [-0.4, -0.2) is 11.8 Å². The van der Waals surface area contributed by atoms with Crippen LogP contribution in [0.4, 0.5) is 10.5 Å². The molecular weight excluding hydrogens is 268 g/mol. The molecule has 4 heteroatoms. The molecule has 2 aromatic rings. The van der Waals surface area contributed by atoms with Crippen molar-refractivity contribution < 1.29 is 4.79 Å². The summed E-state index contributed by atoms with van der Waals surface area (Å²) in [5, 5.41) is 5.92. The first-order valence-electron chi connectivity index (χ1n) is 6.67. The summed E-state index contributed by atoms with van der Waals surface area (Å²) in [4.78, 5) is 13.3. The van der Waals surface area contributed by atoms with Gasteiger partial charge in [-0.25, -0.2) is 4.79 Å². The van der Waals surface area contributed by atoms with E-state index >= 15 is 0 Å². The molecule has 1 atom stereocenters. The van der Waals surface area contributed by atoms with Gasteiger partial charge in [0.2, 0.25) is 0 Å². The van der Waals surface area contributed by atoms with Gasteiger partial charge < -0.3 is 10.6 Å². The molecule has 2 amide bonds. The molecular formula is C16H16N2OS. The van der Waals surface area contributed by atoms with Gasteiger partial charge in [0.25, 0.3) is 0 Å². The molecule has 0 saturated heterocycles. The minimum absolute atomic E-state index is 0.0937. The number of amides is 2. The first-order chi connectivity index (χ1) is 9.83. The predicted octanol–water partition coefficient (Wildman–Crippen LogP) is 4.05. The molecule has 3 rings (SSSR count). The van der Waals surface area contributed by atoms with E-state index in [0.29, 0.717) is 0 Å². The SMILES string of the molecule is O=C(Nc1ccccc1)N[C@@H]1CCSc2ccccc21. The highest BCUT2D eigenvalue weighted by Crippen LogP contribution is 2.35. The van der Waals surface area contributed by atoms with Crippen LogP contribution in [0.2, 0.25) is 0 Å². The molecule has 0 spiro atoms. The van der Waals surface area contributed by atoms with E-state index in [0.717, 1.165) is 17.9 Å². The van der Waals surface area contributed by atoms with Gasteiger partial charge in [0.1, 0.15) is 0 Å². The second-order valence-corrected chi connectivity index (χ2v) is 5.83. The van der Waals surface area contributed by atoms with Gasteiger partial charge in [-0.05, 0) is 30.2 Å². The molecule has 0 aromatic heterocycles. The van der Waals surface area contributed by atoms with Crippen molar-refractivity contribution in [2.24, 2.45) is 0 Å². The monoisotopic (exact) mass is 284 g/mol. The lowest BCUT2D eigenvalue weighted by molar-refractivity contribution is 0.248. The maximum atomic E-state index is 12.1. The number of nitrogens with one attached hydrogen (secondary N) is 2. The average molecular weight is 284 g/mol. The number of benzene rings is 2. The topological polar surface area (TPSA) is 41.1 Å². The summed E-state index contributed by atoms with van der Waals surface area (Å²) in [5.74, 6) is 1.04. The Morgan fingerprint density at radius 2 is 1.80 bits per heavy atom.